The Bertz CT molecular complexity index is 716. The Morgan fingerprint density at radius 1 is 1.07 bits per heavy atom. The van der Waals surface area contributed by atoms with Crippen LogP contribution in [0.3, 0.4) is 0 Å². The molecule has 27 heavy (non-hydrogen) atoms. The van der Waals surface area contributed by atoms with Gasteiger partial charge in [0.05, 0.1) is 6.04 Å². The molecule has 6 heteroatoms. The number of piperazine rings is 1. The molecule has 3 rings (SSSR count). The standard InChI is InChI=1S/C21H26ClN3O2/c1-24-11-13-25(14-12-24)20(17-7-9-18(22)10-8-17)15-23-21(26)16-27-19-5-3-2-4-6-19/h2-10,20H,11-16H2,1H3,(H,23,26)/t20-/m0/s1. The van der Waals surface area contributed by atoms with Gasteiger partial charge in [-0.25, -0.2) is 0 Å². The van der Waals surface area contributed by atoms with Crippen LogP contribution in [0.15, 0.2) is 54.6 Å². The maximum Gasteiger partial charge on any atom is 0.258 e. The molecule has 1 aliphatic rings. The number of nitrogens with one attached hydrogen (secondary N) is 1. The summed E-state index contributed by atoms with van der Waals surface area (Å²) in [5.41, 5.74) is 1.16. The van der Waals surface area contributed by atoms with Gasteiger partial charge in [-0.3, -0.25) is 9.69 Å². The molecule has 144 valence electrons. The first-order valence-corrected chi connectivity index (χ1v) is 9.62. The molecule has 2 aromatic carbocycles. The molecular weight excluding hydrogens is 362 g/mol. The zero-order valence-electron chi connectivity index (χ0n) is 15.6. The van der Waals surface area contributed by atoms with Crippen LogP contribution in [-0.2, 0) is 4.79 Å². The highest BCUT2D eigenvalue weighted by Gasteiger charge is 2.24. The number of hydrogen-bond donors (Lipinski definition) is 1. The van der Waals surface area contributed by atoms with Gasteiger partial charge in [0.15, 0.2) is 6.61 Å². The number of ether oxygens (including phenoxy) is 1. The van der Waals surface area contributed by atoms with Crippen LogP contribution in [-0.4, -0.2) is 62.1 Å². The molecule has 5 nitrogen and oxygen atoms in total. The van der Waals surface area contributed by atoms with Gasteiger partial charge in [0.2, 0.25) is 0 Å². The van der Waals surface area contributed by atoms with E-state index in [0.717, 1.165) is 36.8 Å². The van der Waals surface area contributed by atoms with Crippen LogP contribution in [0.2, 0.25) is 5.02 Å². The Hall–Kier alpha value is -2.08. The molecular formula is C21H26ClN3O2. The second-order valence-corrected chi connectivity index (χ2v) is 7.25. The zero-order chi connectivity index (χ0) is 19.1. The molecule has 1 N–H and O–H groups in total. The summed E-state index contributed by atoms with van der Waals surface area (Å²) in [6.07, 6.45) is 0. The number of halogens is 1. The molecule has 0 bridgehead atoms. The molecule has 1 amide bonds. The highest BCUT2D eigenvalue weighted by molar-refractivity contribution is 6.30. The molecule has 1 aliphatic heterocycles. The van der Waals surface area contributed by atoms with E-state index in [9.17, 15) is 4.79 Å². The van der Waals surface area contributed by atoms with Gasteiger partial charge in [0.25, 0.3) is 5.91 Å². The Morgan fingerprint density at radius 2 is 1.74 bits per heavy atom. The van der Waals surface area contributed by atoms with E-state index in [4.69, 9.17) is 16.3 Å². The van der Waals surface area contributed by atoms with Crippen molar-refractivity contribution in [3.63, 3.8) is 0 Å². The second-order valence-electron chi connectivity index (χ2n) is 6.81. The van der Waals surface area contributed by atoms with E-state index in [1.165, 1.54) is 0 Å². The van der Waals surface area contributed by atoms with Crippen molar-refractivity contribution in [3.05, 3.63) is 65.2 Å². The van der Waals surface area contributed by atoms with Gasteiger partial charge in [-0.1, -0.05) is 41.9 Å². The van der Waals surface area contributed by atoms with E-state index in [2.05, 4.69) is 22.2 Å². The maximum absolute atomic E-state index is 12.3. The van der Waals surface area contributed by atoms with Gasteiger partial charge in [-0.05, 0) is 36.9 Å². The first-order chi connectivity index (χ1) is 13.1. The molecule has 0 unspecified atom stereocenters. The van der Waals surface area contributed by atoms with Gasteiger partial charge in [0, 0.05) is 37.7 Å². The Kier molecular flexibility index (Phi) is 7.10. The SMILES string of the molecule is CN1CCN([C@@H](CNC(=O)COc2ccccc2)c2ccc(Cl)cc2)CC1. The topological polar surface area (TPSA) is 44.8 Å². The van der Waals surface area contributed by atoms with Crippen molar-refractivity contribution in [1.82, 2.24) is 15.1 Å². The van der Waals surface area contributed by atoms with E-state index in [-0.39, 0.29) is 18.6 Å². The smallest absolute Gasteiger partial charge is 0.258 e. The van der Waals surface area contributed by atoms with Crippen LogP contribution in [0.5, 0.6) is 5.75 Å². The van der Waals surface area contributed by atoms with Gasteiger partial charge >= 0.3 is 0 Å². The Labute approximate surface area is 165 Å². The number of nitrogens with zero attached hydrogens (tertiary/aromatic N) is 2. The summed E-state index contributed by atoms with van der Waals surface area (Å²) in [6, 6.07) is 17.4. The lowest BCUT2D eigenvalue weighted by atomic mass is 10.0. The fourth-order valence-corrected chi connectivity index (χ4v) is 3.33. The number of hydrogen-bond acceptors (Lipinski definition) is 4. The lowest BCUT2D eigenvalue weighted by Crippen LogP contribution is -2.48. The third kappa shape index (κ3) is 5.96. The van der Waals surface area contributed by atoms with E-state index in [0.29, 0.717) is 12.3 Å². The van der Waals surface area contributed by atoms with Crippen LogP contribution in [0.4, 0.5) is 0 Å². The highest BCUT2D eigenvalue weighted by atomic mass is 35.5. The quantitative estimate of drug-likeness (QED) is 0.793. The number of amides is 1. The van der Waals surface area contributed by atoms with Crippen LogP contribution < -0.4 is 10.1 Å². The van der Waals surface area contributed by atoms with Crippen molar-refractivity contribution >= 4 is 17.5 Å². The first-order valence-electron chi connectivity index (χ1n) is 9.24. The molecule has 1 heterocycles. The minimum absolute atomic E-state index is 0.0140. The van der Waals surface area contributed by atoms with Gasteiger partial charge in [-0.2, -0.15) is 0 Å². The van der Waals surface area contributed by atoms with Gasteiger partial charge in [-0.15, -0.1) is 0 Å². The summed E-state index contributed by atoms with van der Waals surface area (Å²) >= 11 is 6.04. The molecule has 0 aliphatic carbocycles. The second kappa shape index (κ2) is 9.74. The largest absolute Gasteiger partial charge is 0.484 e. The normalized spacial score (nSPS) is 16.7. The monoisotopic (exact) mass is 387 g/mol. The van der Waals surface area contributed by atoms with Crippen LogP contribution in [0.25, 0.3) is 0 Å². The summed E-state index contributed by atoms with van der Waals surface area (Å²) in [6.45, 7) is 4.55. The van der Waals surface area contributed by atoms with E-state index >= 15 is 0 Å². The molecule has 1 atom stereocenters. The number of carbonyl (C=O) groups excluding carboxylic acids is 1. The van der Waals surface area contributed by atoms with Crippen molar-refractivity contribution in [2.75, 3.05) is 46.4 Å². The number of carbonyl (C=O) groups is 1. The minimum Gasteiger partial charge on any atom is -0.484 e. The summed E-state index contributed by atoms with van der Waals surface area (Å²) in [7, 11) is 2.14. The van der Waals surface area contributed by atoms with E-state index in [1.54, 1.807) is 0 Å². The highest BCUT2D eigenvalue weighted by Crippen LogP contribution is 2.23. The fraction of sp³-hybridized carbons (Fsp3) is 0.381. The average molecular weight is 388 g/mol. The molecule has 0 aromatic heterocycles. The molecule has 0 saturated carbocycles. The van der Waals surface area contributed by atoms with Crippen molar-refractivity contribution < 1.29 is 9.53 Å². The number of para-hydroxylation sites is 1. The Morgan fingerprint density at radius 3 is 2.41 bits per heavy atom. The van der Waals surface area contributed by atoms with Crippen molar-refractivity contribution in [3.8, 4) is 5.75 Å². The maximum atomic E-state index is 12.3. The lowest BCUT2D eigenvalue weighted by molar-refractivity contribution is -0.123. The van der Waals surface area contributed by atoms with Gasteiger partial charge < -0.3 is 15.0 Å². The molecule has 2 aromatic rings. The van der Waals surface area contributed by atoms with Crippen LogP contribution in [0.1, 0.15) is 11.6 Å². The van der Waals surface area contributed by atoms with Crippen molar-refractivity contribution in [2.24, 2.45) is 0 Å². The summed E-state index contributed by atoms with van der Waals surface area (Å²) in [5.74, 6) is 0.577. The van der Waals surface area contributed by atoms with E-state index < -0.39 is 0 Å². The summed E-state index contributed by atoms with van der Waals surface area (Å²) in [4.78, 5) is 17.0. The first kappa shape index (κ1) is 19.7. The van der Waals surface area contributed by atoms with Gasteiger partial charge in [0.1, 0.15) is 5.75 Å². The predicted octanol–water partition coefficient (Wildman–Crippen LogP) is 2.82. The van der Waals surface area contributed by atoms with Crippen LogP contribution >= 0.6 is 11.6 Å². The Balaban J connectivity index is 1.59. The van der Waals surface area contributed by atoms with E-state index in [1.807, 2.05) is 54.6 Å². The third-order valence-corrected chi connectivity index (χ3v) is 5.09. The molecule has 1 fully saturated rings. The average Bonchev–Trinajstić information content (AvgIpc) is 2.70. The lowest BCUT2D eigenvalue weighted by Gasteiger charge is -2.38. The van der Waals surface area contributed by atoms with Crippen molar-refractivity contribution in [1.29, 1.82) is 0 Å². The zero-order valence-corrected chi connectivity index (χ0v) is 16.4. The fourth-order valence-electron chi connectivity index (χ4n) is 3.20. The number of likely N-dealkylation sites (N-methyl/N-ethyl adjacent to an activating group) is 1. The molecule has 1 saturated heterocycles. The minimum atomic E-state index is -0.119. The summed E-state index contributed by atoms with van der Waals surface area (Å²) in [5, 5.41) is 3.74. The number of rotatable bonds is 7. The predicted molar refractivity (Wildman–Crippen MR) is 108 cm³/mol. The van der Waals surface area contributed by atoms with Crippen LogP contribution in [0, 0.1) is 0 Å². The molecule has 0 radical (unpaired) electrons. The third-order valence-electron chi connectivity index (χ3n) is 4.84. The summed E-state index contributed by atoms with van der Waals surface area (Å²) < 4.78 is 5.53. The molecule has 0 spiro atoms. The number of benzene rings is 2. The van der Waals surface area contributed by atoms with Crippen molar-refractivity contribution in [2.45, 2.75) is 6.04 Å².